The van der Waals surface area contributed by atoms with Gasteiger partial charge in [0, 0.05) is 39.1 Å². The van der Waals surface area contributed by atoms with Crippen LogP contribution in [0.2, 0.25) is 0 Å². The van der Waals surface area contributed by atoms with E-state index in [0.717, 1.165) is 38.6 Å². The fraction of sp³-hybridized carbons (Fsp3) is 0.636. The average molecular weight is 513 g/mol. The standard InChI is InChI=1S/C22H35N5O.HI/c1-2-23-22(24-12-16-26-13-6-3-7-14-26)25-17-19-9-4-5-10-20(19)18-27-15-8-11-21(27)28;/h4-5,9-10H,2-3,6-8,11-18H2,1H3,(H2,23,24,25);1H. The molecule has 1 amide bonds. The highest BCUT2D eigenvalue weighted by molar-refractivity contribution is 14.0. The van der Waals surface area contributed by atoms with E-state index < -0.39 is 0 Å². The van der Waals surface area contributed by atoms with Gasteiger partial charge in [0.2, 0.25) is 5.91 Å². The van der Waals surface area contributed by atoms with Crippen molar-refractivity contribution in [1.29, 1.82) is 0 Å². The van der Waals surface area contributed by atoms with E-state index in [9.17, 15) is 4.79 Å². The van der Waals surface area contributed by atoms with E-state index in [4.69, 9.17) is 4.99 Å². The van der Waals surface area contributed by atoms with Crippen LogP contribution in [0.25, 0.3) is 0 Å². The molecule has 0 spiro atoms. The predicted molar refractivity (Wildman–Crippen MR) is 130 cm³/mol. The first-order valence-electron chi connectivity index (χ1n) is 10.9. The molecule has 2 aliphatic heterocycles. The van der Waals surface area contributed by atoms with Gasteiger partial charge in [0.05, 0.1) is 6.54 Å². The van der Waals surface area contributed by atoms with Gasteiger partial charge in [-0.15, -0.1) is 24.0 Å². The number of amides is 1. The van der Waals surface area contributed by atoms with Crippen molar-refractivity contribution in [2.24, 2.45) is 4.99 Å². The highest BCUT2D eigenvalue weighted by Gasteiger charge is 2.20. The average Bonchev–Trinajstić information content (AvgIpc) is 3.12. The van der Waals surface area contributed by atoms with Crippen molar-refractivity contribution in [2.45, 2.75) is 52.1 Å². The topological polar surface area (TPSA) is 60.0 Å². The highest BCUT2D eigenvalue weighted by atomic mass is 127. The summed E-state index contributed by atoms with van der Waals surface area (Å²) >= 11 is 0. The first-order chi connectivity index (χ1) is 13.8. The number of hydrogen-bond acceptors (Lipinski definition) is 3. The van der Waals surface area contributed by atoms with Crippen LogP contribution in [0.4, 0.5) is 0 Å². The molecule has 2 heterocycles. The van der Waals surface area contributed by atoms with E-state index in [0.29, 0.717) is 19.5 Å². The lowest BCUT2D eigenvalue weighted by Gasteiger charge is -2.26. The number of aliphatic imine (C=N–C) groups is 1. The lowest BCUT2D eigenvalue weighted by molar-refractivity contribution is -0.128. The predicted octanol–water partition coefficient (Wildman–Crippen LogP) is 2.97. The number of benzene rings is 1. The second-order valence-electron chi connectivity index (χ2n) is 7.71. The summed E-state index contributed by atoms with van der Waals surface area (Å²) in [6, 6.07) is 8.34. The lowest BCUT2D eigenvalue weighted by Crippen LogP contribution is -2.42. The number of piperidine rings is 1. The zero-order valence-electron chi connectivity index (χ0n) is 17.7. The molecule has 2 aliphatic rings. The minimum Gasteiger partial charge on any atom is -0.357 e. The summed E-state index contributed by atoms with van der Waals surface area (Å²) in [4.78, 5) is 21.3. The third-order valence-corrected chi connectivity index (χ3v) is 5.57. The minimum absolute atomic E-state index is 0. The highest BCUT2D eigenvalue weighted by Crippen LogP contribution is 2.17. The van der Waals surface area contributed by atoms with E-state index in [1.807, 2.05) is 11.0 Å². The molecular formula is C22H36IN5O. The zero-order chi connectivity index (χ0) is 19.6. The quantitative estimate of drug-likeness (QED) is 0.319. The fourth-order valence-electron chi connectivity index (χ4n) is 3.96. The molecule has 0 aromatic heterocycles. The second-order valence-corrected chi connectivity index (χ2v) is 7.71. The molecule has 7 heteroatoms. The maximum Gasteiger partial charge on any atom is 0.222 e. The SMILES string of the molecule is CCNC(=NCc1ccccc1CN1CCCC1=O)NCCN1CCCCC1.I. The van der Waals surface area contributed by atoms with Gasteiger partial charge in [-0.2, -0.15) is 0 Å². The Labute approximate surface area is 192 Å². The molecule has 3 rings (SSSR count). The Morgan fingerprint density at radius 3 is 2.48 bits per heavy atom. The summed E-state index contributed by atoms with van der Waals surface area (Å²) in [5.74, 6) is 1.14. The number of nitrogens with zero attached hydrogens (tertiary/aromatic N) is 3. The molecular weight excluding hydrogens is 477 g/mol. The number of halogens is 1. The van der Waals surface area contributed by atoms with E-state index in [1.54, 1.807) is 0 Å². The van der Waals surface area contributed by atoms with Crippen molar-refractivity contribution in [2.75, 3.05) is 39.3 Å². The Bertz CT molecular complexity index is 660. The molecule has 0 radical (unpaired) electrons. The molecule has 0 aliphatic carbocycles. The molecule has 2 N–H and O–H groups in total. The van der Waals surface area contributed by atoms with Crippen LogP contribution in [0.3, 0.4) is 0 Å². The van der Waals surface area contributed by atoms with Crippen LogP contribution < -0.4 is 10.6 Å². The fourth-order valence-corrected chi connectivity index (χ4v) is 3.96. The molecule has 0 unspecified atom stereocenters. The van der Waals surface area contributed by atoms with Crippen LogP contribution in [-0.4, -0.2) is 60.9 Å². The largest absolute Gasteiger partial charge is 0.357 e. The summed E-state index contributed by atoms with van der Waals surface area (Å²) in [5.41, 5.74) is 2.39. The van der Waals surface area contributed by atoms with Crippen molar-refractivity contribution in [3.63, 3.8) is 0 Å². The molecule has 0 atom stereocenters. The summed E-state index contributed by atoms with van der Waals surface area (Å²) < 4.78 is 0. The second kappa shape index (κ2) is 13.1. The molecule has 162 valence electrons. The molecule has 6 nitrogen and oxygen atoms in total. The molecule has 29 heavy (non-hydrogen) atoms. The Morgan fingerprint density at radius 2 is 1.79 bits per heavy atom. The normalized spacial score (nSPS) is 17.9. The smallest absolute Gasteiger partial charge is 0.222 e. The number of likely N-dealkylation sites (tertiary alicyclic amines) is 2. The van der Waals surface area contributed by atoms with Crippen LogP contribution in [0.5, 0.6) is 0 Å². The maximum absolute atomic E-state index is 12.0. The molecule has 0 bridgehead atoms. The van der Waals surface area contributed by atoms with Crippen molar-refractivity contribution in [1.82, 2.24) is 20.4 Å². The van der Waals surface area contributed by atoms with Crippen LogP contribution in [0, 0.1) is 0 Å². The van der Waals surface area contributed by atoms with Gasteiger partial charge in [0.25, 0.3) is 0 Å². The van der Waals surface area contributed by atoms with Crippen molar-refractivity contribution < 1.29 is 4.79 Å². The zero-order valence-corrected chi connectivity index (χ0v) is 20.0. The molecule has 1 aromatic carbocycles. The van der Waals surface area contributed by atoms with Gasteiger partial charge >= 0.3 is 0 Å². The first kappa shape index (κ1) is 23.9. The number of nitrogens with one attached hydrogen (secondary N) is 2. The van der Waals surface area contributed by atoms with Gasteiger partial charge in [-0.05, 0) is 50.4 Å². The number of carbonyl (C=O) groups is 1. The Hall–Kier alpha value is -1.35. The van der Waals surface area contributed by atoms with Gasteiger partial charge in [-0.3, -0.25) is 4.79 Å². The van der Waals surface area contributed by atoms with E-state index in [-0.39, 0.29) is 29.9 Å². The van der Waals surface area contributed by atoms with Gasteiger partial charge in [0.15, 0.2) is 5.96 Å². The van der Waals surface area contributed by atoms with E-state index in [2.05, 4.69) is 40.7 Å². The van der Waals surface area contributed by atoms with Gasteiger partial charge in [-0.1, -0.05) is 30.7 Å². The summed E-state index contributed by atoms with van der Waals surface area (Å²) in [7, 11) is 0. The lowest BCUT2D eigenvalue weighted by atomic mass is 10.1. The number of rotatable bonds is 8. The number of hydrogen-bond donors (Lipinski definition) is 2. The van der Waals surface area contributed by atoms with Crippen molar-refractivity contribution >= 4 is 35.8 Å². The van der Waals surface area contributed by atoms with Crippen LogP contribution in [-0.2, 0) is 17.9 Å². The van der Waals surface area contributed by atoms with Crippen molar-refractivity contribution in [3.05, 3.63) is 35.4 Å². The van der Waals surface area contributed by atoms with E-state index >= 15 is 0 Å². The van der Waals surface area contributed by atoms with E-state index in [1.165, 1.54) is 43.5 Å². The Morgan fingerprint density at radius 1 is 1.03 bits per heavy atom. The van der Waals surface area contributed by atoms with Gasteiger partial charge in [0.1, 0.15) is 0 Å². The van der Waals surface area contributed by atoms with Crippen LogP contribution in [0.15, 0.2) is 29.3 Å². The number of carbonyl (C=O) groups excluding carboxylic acids is 1. The Balaban J connectivity index is 0.00000300. The monoisotopic (exact) mass is 513 g/mol. The minimum atomic E-state index is 0. The molecule has 2 fully saturated rings. The van der Waals surface area contributed by atoms with Crippen molar-refractivity contribution in [3.8, 4) is 0 Å². The molecule has 1 aromatic rings. The summed E-state index contributed by atoms with van der Waals surface area (Å²) in [6.07, 6.45) is 5.68. The van der Waals surface area contributed by atoms with Gasteiger partial charge < -0.3 is 20.4 Å². The van der Waals surface area contributed by atoms with Crippen LogP contribution in [0.1, 0.15) is 50.2 Å². The summed E-state index contributed by atoms with van der Waals surface area (Å²) in [6.45, 7) is 9.55. The van der Waals surface area contributed by atoms with Crippen LogP contribution >= 0.6 is 24.0 Å². The third kappa shape index (κ3) is 7.77. The maximum atomic E-state index is 12.0. The molecule has 2 saturated heterocycles. The number of guanidine groups is 1. The first-order valence-corrected chi connectivity index (χ1v) is 10.9. The van der Waals surface area contributed by atoms with Gasteiger partial charge in [-0.25, -0.2) is 4.99 Å². The molecule has 0 saturated carbocycles. The third-order valence-electron chi connectivity index (χ3n) is 5.57. The Kier molecular flexibility index (Phi) is 10.8. The summed E-state index contributed by atoms with van der Waals surface area (Å²) in [5, 5.41) is 6.82.